The SMILES string of the molecule is CCC1(CC)CCN(CC2(CC)CCCN2)CC1. The van der Waals surface area contributed by atoms with E-state index in [4.69, 9.17) is 0 Å². The van der Waals surface area contributed by atoms with Gasteiger partial charge in [0.2, 0.25) is 0 Å². The van der Waals surface area contributed by atoms with Crippen molar-refractivity contribution in [3.05, 3.63) is 0 Å². The van der Waals surface area contributed by atoms with Crippen LogP contribution in [0.15, 0.2) is 0 Å². The summed E-state index contributed by atoms with van der Waals surface area (Å²) in [5.41, 5.74) is 1.11. The Morgan fingerprint density at radius 1 is 0.944 bits per heavy atom. The van der Waals surface area contributed by atoms with Gasteiger partial charge in [-0.15, -0.1) is 0 Å². The zero-order chi connectivity index (χ0) is 13.1. The van der Waals surface area contributed by atoms with Crippen molar-refractivity contribution in [2.45, 2.75) is 71.3 Å². The predicted octanol–water partition coefficient (Wildman–Crippen LogP) is 3.42. The summed E-state index contributed by atoms with van der Waals surface area (Å²) in [5, 5.41) is 3.77. The number of nitrogens with one attached hydrogen (secondary N) is 1. The van der Waals surface area contributed by atoms with Crippen molar-refractivity contribution in [2.24, 2.45) is 5.41 Å². The number of likely N-dealkylation sites (tertiary alicyclic amines) is 1. The summed E-state index contributed by atoms with van der Waals surface area (Å²) >= 11 is 0. The van der Waals surface area contributed by atoms with Gasteiger partial charge >= 0.3 is 0 Å². The summed E-state index contributed by atoms with van der Waals surface area (Å²) in [4.78, 5) is 2.73. The third-order valence-electron chi connectivity index (χ3n) is 5.95. The minimum atomic E-state index is 0.443. The normalized spacial score (nSPS) is 32.8. The maximum Gasteiger partial charge on any atom is 0.0306 e. The van der Waals surface area contributed by atoms with Crippen molar-refractivity contribution in [1.29, 1.82) is 0 Å². The number of hydrogen-bond acceptors (Lipinski definition) is 2. The number of hydrogen-bond donors (Lipinski definition) is 1. The van der Waals surface area contributed by atoms with Crippen LogP contribution in [-0.2, 0) is 0 Å². The Morgan fingerprint density at radius 2 is 1.61 bits per heavy atom. The molecule has 2 heteroatoms. The quantitative estimate of drug-likeness (QED) is 0.806. The largest absolute Gasteiger partial charge is 0.310 e. The van der Waals surface area contributed by atoms with Crippen LogP contribution in [0, 0.1) is 5.41 Å². The molecule has 1 unspecified atom stereocenters. The van der Waals surface area contributed by atoms with Crippen LogP contribution in [0.4, 0.5) is 0 Å². The average Bonchev–Trinajstić information content (AvgIpc) is 2.89. The lowest BCUT2D eigenvalue weighted by molar-refractivity contribution is 0.0743. The molecule has 2 aliphatic heterocycles. The molecule has 2 fully saturated rings. The smallest absolute Gasteiger partial charge is 0.0306 e. The second-order valence-electron chi connectivity index (χ2n) is 6.65. The molecule has 18 heavy (non-hydrogen) atoms. The van der Waals surface area contributed by atoms with Crippen molar-refractivity contribution < 1.29 is 0 Å². The maximum atomic E-state index is 3.77. The lowest BCUT2D eigenvalue weighted by Crippen LogP contribution is -2.52. The summed E-state index contributed by atoms with van der Waals surface area (Å²) in [6.45, 7) is 12.3. The van der Waals surface area contributed by atoms with E-state index in [-0.39, 0.29) is 0 Å². The zero-order valence-electron chi connectivity index (χ0n) is 12.7. The van der Waals surface area contributed by atoms with Gasteiger partial charge in [0.1, 0.15) is 0 Å². The molecule has 0 saturated carbocycles. The van der Waals surface area contributed by atoms with Crippen LogP contribution < -0.4 is 5.32 Å². The van der Waals surface area contributed by atoms with Crippen LogP contribution in [0.1, 0.15) is 65.7 Å². The van der Waals surface area contributed by atoms with Crippen molar-refractivity contribution >= 4 is 0 Å². The standard InChI is InChI=1S/C16H32N2/c1-4-15(5-2)9-12-18(13-10-15)14-16(6-3)8-7-11-17-16/h17H,4-14H2,1-3H3. The first kappa shape index (κ1) is 14.3. The molecule has 0 aromatic rings. The lowest BCUT2D eigenvalue weighted by atomic mass is 9.74. The third-order valence-corrected chi connectivity index (χ3v) is 5.95. The lowest BCUT2D eigenvalue weighted by Gasteiger charge is -2.44. The van der Waals surface area contributed by atoms with Crippen molar-refractivity contribution in [3.63, 3.8) is 0 Å². The molecule has 0 spiro atoms. The highest BCUT2D eigenvalue weighted by molar-refractivity contribution is 4.96. The fraction of sp³-hybridized carbons (Fsp3) is 1.00. The molecule has 0 amide bonds. The minimum Gasteiger partial charge on any atom is -0.310 e. The van der Waals surface area contributed by atoms with Gasteiger partial charge in [-0.25, -0.2) is 0 Å². The van der Waals surface area contributed by atoms with Crippen LogP contribution in [0.25, 0.3) is 0 Å². The highest BCUT2D eigenvalue weighted by Crippen LogP contribution is 2.38. The number of piperidine rings is 1. The van der Waals surface area contributed by atoms with Crippen LogP contribution in [0.3, 0.4) is 0 Å². The molecule has 2 rings (SSSR count). The second kappa shape index (κ2) is 5.92. The van der Waals surface area contributed by atoms with Crippen molar-refractivity contribution in [2.75, 3.05) is 26.2 Å². The summed E-state index contributed by atoms with van der Waals surface area (Å²) in [6.07, 6.45) is 9.61. The molecular formula is C16H32N2. The van der Waals surface area contributed by atoms with E-state index in [1.165, 1.54) is 71.1 Å². The molecule has 0 aliphatic carbocycles. The fourth-order valence-electron chi connectivity index (χ4n) is 3.99. The van der Waals surface area contributed by atoms with E-state index in [1.807, 2.05) is 0 Å². The molecule has 2 heterocycles. The Balaban J connectivity index is 1.86. The number of nitrogens with zero attached hydrogens (tertiary/aromatic N) is 1. The molecule has 0 radical (unpaired) electrons. The molecular weight excluding hydrogens is 220 g/mol. The molecule has 1 atom stereocenters. The topological polar surface area (TPSA) is 15.3 Å². The average molecular weight is 252 g/mol. The van der Waals surface area contributed by atoms with E-state index < -0.39 is 0 Å². The molecule has 0 aromatic heterocycles. The Hall–Kier alpha value is -0.0800. The van der Waals surface area contributed by atoms with Crippen LogP contribution in [0.5, 0.6) is 0 Å². The molecule has 2 aliphatic rings. The first-order chi connectivity index (χ1) is 8.67. The maximum absolute atomic E-state index is 3.77. The van der Waals surface area contributed by atoms with Gasteiger partial charge in [-0.2, -0.15) is 0 Å². The molecule has 2 nitrogen and oxygen atoms in total. The van der Waals surface area contributed by atoms with Gasteiger partial charge in [-0.1, -0.05) is 33.6 Å². The van der Waals surface area contributed by atoms with E-state index in [0.29, 0.717) is 11.0 Å². The highest BCUT2D eigenvalue weighted by Gasteiger charge is 2.37. The van der Waals surface area contributed by atoms with E-state index in [0.717, 1.165) is 0 Å². The molecule has 2 saturated heterocycles. The van der Waals surface area contributed by atoms with Gasteiger partial charge < -0.3 is 10.2 Å². The van der Waals surface area contributed by atoms with Gasteiger partial charge in [-0.05, 0) is 57.2 Å². The van der Waals surface area contributed by atoms with E-state index in [9.17, 15) is 0 Å². The van der Waals surface area contributed by atoms with Crippen molar-refractivity contribution in [1.82, 2.24) is 10.2 Å². The second-order valence-corrected chi connectivity index (χ2v) is 6.65. The number of rotatable bonds is 5. The fourth-order valence-corrected chi connectivity index (χ4v) is 3.99. The Kier molecular flexibility index (Phi) is 4.71. The van der Waals surface area contributed by atoms with E-state index >= 15 is 0 Å². The van der Waals surface area contributed by atoms with Gasteiger partial charge in [0.15, 0.2) is 0 Å². The molecule has 0 bridgehead atoms. The van der Waals surface area contributed by atoms with E-state index in [2.05, 4.69) is 31.0 Å². The van der Waals surface area contributed by atoms with Crippen molar-refractivity contribution in [3.8, 4) is 0 Å². The van der Waals surface area contributed by atoms with Gasteiger partial charge in [0, 0.05) is 12.1 Å². The summed E-state index contributed by atoms with van der Waals surface area (Å²) in [6, 6.07) is 0. The minimum absolute atomic E-state index is 0.443. The summed E-state index contributed by atoms with van der Waals surface area (Å²) in [7, 11) is 0. The summed E-state index contributed by atoms with van der Waals surface area (Å²) < 4.78 is 0. The Labute approximate surface area is 114 Å². The van der Waals surface area contributed by atoms with Gasteiger partial charge in [-0.3, -0.25) is 0 Å². The third kappa shape index (κ3) is 2.91. The molecule has 106 valence electrons. The van der Waals surface area contributed by atoms with Gasteiger partial charge in [0.25, 0.3) is 0 Å². The van der Waals surface area contributed by atoms with Crippen LogP contribution in [0.2, 0.25) is 0 Å². The highest BCUT2D eigenvalue weighted by atomic mass is 15.2. The van der Waals surface area contributed by atoms with Crippen LogP contribution in [-0.4, -0.2) is 36.6 Å². The molecule has 0 aromatic carbocycles. The molecule has 1 N–H and O–H groups in total. The predicted molar refractivity (Wildman–Crippen MR) is 78.9 cm³/mol. The Bertz CT molecular complexity index is 242. The van der Waals surface area contributed by atoms with E-state index in [1.54, 1.807) is 0 Å². The summed E-state index contributed by atoms with van der Waals surface area (Å²) in [5.74, 6) is 0. The first-order valence-electron chi connectivity index (χ1n) is 8.15. The van der Waals surface area contributed by atoms with Gasteiger partial charge in [0.05, 0.1) is 0 Å². The monoisotopic (exact) mass is 252 g/mol. The Morgan fingerprint density at radius 3 is 2.06 bits per heavy atom. The zero-order valence-corrected chi connectivity index (χ0v) is 12.7. The first-order valence-corrected chi connectivity index (χ1v) is 8.15. The van der Waals surface area contributed by atoms with Crippen LogP contribution >= 0.6 is 0 Å².